The van der Waals surface area contributed by atoms with Crippen LogP contribution in [-0.2, 0) is 36.5 Å². The van der Waals surface area contributed by atoms with E-state index in [0.29, 0.717) is 0 Å². The summed E-state index contributed by atoms with van der Waals surface area (Å²) in [5.74, 6) is -7.90. The quantitative estimate of drug-likeness (QED) is 0.201. The summed E-state index contributed by atoms with van der Waals surface area (Å²) in [7, 11) is 12.8. The molecule has 1 amide bonds. The van der Waals surface area contributed by atoms with E-state index in [1.54, 1.807) is 0 Å². The van der Waals surface area contributed by atoms with Gasteiger partial charge in [-0.2, -0.15) is 0 Å². The van der Waals surface area contributed by atoms with E-state index in [-0.39, 0.29) is 29.8 Å². The Morgan fingerprint density at radius 1 is 1.14 bits per heavy atom. The van der Waals surface area contributed by atoms with Crippen molar-refractivity contribution in [2.45, 2.75) is 30.6 Å². The monoisotopic (exact) mass is 743 g/mol. The molecule has 13 N–H and O–H groups in total. The Kier molecular flexibility index (Phi) is 10.2. The fourth-order valence-corrected chi connectivity index (χ4v) is 5.50. The van der Waals surface area contributed by atoms with Crippen molar-refractivity contribution in [1.82, 2.24) is 17.2 Å². The standard InChI is InChI=1S/C22H24N2O8.2ClH.2H3N.Pt/c1-21(31)8-5-4-6-11(25)12(8)16(26)13-9(21)7-10-15(24(2)3)17(27)14(20(23)30)19(29)22(10,32)18(13)28;;;;;/h4-6,9-10,15,25-26,29,31-32H,7H2,1-3H3,(H2,23,30);2*1H;2*1H3;/q;;;;;+2/p-2/t9-,10-,15-,21+,22-;;;;;/m0...../s1. The van der Waals surface area contributed by atoms with Crippen LogP contribution in [0.1, 0.15) is 24.5 Å². The molecular weight excluding hydrogens is 714 g/mol. The molecule has 0 aromatic heterocycles. The van der Waals surface area contributed by atoms with Gasteiger partial charge in [0.2, 0.25) is 5.78 Å². The number of hydrogen-bond donors (Lipinski definition) is 8. The van der Waals surface area contributed by atoms with Gasteiger partial charge in [0.05, 0.1) is 17.2 Å². The number of likely N-dealkylation sites (N-methyl/N-ethyl adjacent to an activating group) is 1. The van der Waals surface area contributed by atoms with Gasteiger partial charge >= 0.3 is 35.3 Å². The molecule has 210 valence electrons. The van der Waals surface area contributed by atoms with E-state index in [2.05, 4.69) is 0 Å². The molecule has 0 spiro atoms. The third kappa shape index (κ3) is 4.70. The molecule has 0 heterocycles. The number of primary amides is 1. The zero-order chi connectivity index (χ0) is 26.6. The zero-order valence-electron chi connectivity index (χ0n) is 20.1. The summed E-state index contributed by atoms with van der Waals surface area (Å²) in [5.41, 5.74) is -0.548. The minimum absolute atomic E-state index is 0. The first-order valence-corrected chi connectivity index (χ1v) is 15.8. The van der Waals surface area contributed by atoms with Crippen molar-refractivity contribution in [1.29, 1.82) is 0 Å². The van der Waals surface area contributed by atoms with E-state index in [1.807, 2.05) is 0 Å². The molecule has 15 heteroatoms. The second kappa shape index (κ2) is 11.4. The molecular formula is C22H30Cl2N4O8Pt. The van der Waals surface area contributed by atoms with Gasteiger partial charge in [0.15, 0.2) is 11.4 Å². The van der Waals surface area contributed by atoms with Crippen LogP contribution in [0.15, 0.2) is 35.1 Å². The Labute approximate surface area is 229 Å². The number of hydrogen-bond acceptors (Lipinski definition) is 11. The zero-order valence-corrected chi connectivity index (χ0v) is 23.9. The number of phenolic OH excluding ortho intramolecular Hbond substituents is 1. The van der Waals surface area contributed by atoms with Crippen molar-refractivity contribution in [2.24, 2.45) is 17.6 Å². The fraction of sp³-hybridized carbons (Fsp3) is 0.409. The number of halogens is 2. The first kappa shape index (κ1) is 33.0. The van der Waals surface area contributed by atoms with Crippen LogP contribution in [0.25, 0.3) is 5.76 Å². The van der Waals surface area contributed by atoms with E-state index in [4.69, 9.17) is 24.6 Å². The van der Waals surface area contributed by atoms with Crippen LogP contribution >= 0.6 is 18.8 Å². The van der Waals surface area contributed by atoms with Crippen molar-refractivity contribution >= 4 is 42.1 Å². The van der Waals surface area contributed by atoms with Gasteiger partial charge in [0.1, 0.15) is 22.8 Å². The predicted molar refractivity (Wildman–Crippen MR) is 132 cm³/mol. The summed E-state index contributed by atoms with van der Waals surface area (Å²) in [6.45, 7) is 1.40. The first-order valence-electron chi connectivity index (χ1n) is 10.2. The van der Waals surface area contributed by atoms with Crippen LogP contribution in [0.4, 0.5) is 0 Å². The van der Waals surface area contributed by atoms with Crippen LogP contribution in [0, 0.1) is 11.8 Å². The number of fused-ring (bicyclic) bond motifs is 3. The molecule has 0 bridgehead atoms. The third-order valence-electron chi connectivity index (χ3n) is 7.02. The van der Waals surface area contributed by atoms with Gasteiger partial charge in [0, 0.05) is 17.4 Å². The summed E-state index contributed by atoms with van der Waals surface area (Å²) in [4.78, 5) is 40.0. The maximum atomic E-state index is 13.7. The van der Waals surface area contributed by atoms with Crippen molar-refractivity contribution in [3.8, 4) is 5.75 Å². The van der Waals surface area contributed by atoms with Crippen LogP contribution < -0.4 is 18.0 Å². The molecule has 1 saturated carbocycles. The normalized spacial score (nSPS) is 30.3. The molecule has 1 aromatic rings. The fourth-order valence-electron chi connectivity index (χ4n) is 5.50. The van der Waals surface area contributed by atoms with Gasteiger partial charge in [-0.05, 0) is 39.1 Å². The van der Waals surface area contributed by atoms with Crippen molar-refractivity contribution in [3.63, 3.8) is 0 Å². The molecule has 3 aliphatic carbocycles. The number of carbonyl (C=O) groups excluding carboxylic acids is 3. The number of nitrogens with two attached hydrogens (primary N) is 1. The second-order valence-corrected chi connectivity index (χ2v) is 12.3. The third-order valence-corrected chi connectivity index (χ3v) is 7.02. The molecule has 0 aliphatic heterocycles. The number of rotatable bonds is 2. The van der Waals surface area contributed by atoms with Crippen molar-refractivity contribution in [3.05, 3.63) is 46.2 Å². The summed E-state index contributed by atoms with van der Waals surface area (Å²) < 4.78 is 0. The number of amides is 1. The number of nitrogens with zero attached hydrogens (tertiary/aromatic N) is 1. The topological polar surface area (TPSA) is 252 Å². The molecule has 0 radical (unpaired) electrons. The number of phenols is 1. The Balaban J connectivity index is 0.00000131. The van der Waals surface area contributed by atoms with E-state index < -0.39 is 91.4 Å². The number of benzene rings is 1. The van der Waals surface area contributed by atoms with Gasteiger partial charge in [-0.1, -0.05) is 12.1 Å². The number of carbonyl (C=O) groups is 3. The molecule has 1 aromatic carbocycles. The average Bonchev–Trinajstić information content (AvgIpc) is 2.74. The van der Waals surface area contributed by atoms with E-state index in [0.717, 1.165) is 0 Å². The van der Waals surface area contributed by atoms with Gasteiger partial charge in [-0.25, -0.2) is 0 Å². The van der Waals surface area contributed by atoms with Crippen molar-refractivity contribution in [2.75, 3.05) is 14.1 Å². The molecule has 4 rings (SSSR count). The average molecular weight is 744 g/mol. The number of aromatic hydroxyl groups is 1. The van der Waals surface area contributed by atoms with E-state index in [1.165, 1.54) is 44.1 Å². The van der Waals surface area contributed by atoms with Crippen LogP contribution in [0.2, 0.25) is 0 Å². The number of Topliss-reactive ketones (excluding diaryl/α,β-unsaturated/α-hetero) is 2. The molecule has 12 nitrogen and oxygen atoms in total. The van der Waals surface area contributed by atoms with Gasteiger partial charge in [0.25, 0.3) is 5.91 Å². The van der Waals surface area contributed by atoms with E-state index in [9.17, 15) is 39.9 Å². The van der Waals surface area contributed by atoms with Gasteiger partial charge < -0.3 is 43.6 Å². The van der Waals surface area contributed by atoms with Crippen LogP contribution in [0.5, 0.6) is 5.75 Å². The summed E-state index contributed by atoms with van der Waals surface area (Å²) in [6, 6.07) is 3.02. The van der Waals surface area contributed by atoms with Crippen LogP contribution in [0.3, 0.4) is 0 Å². The predicted octanol–water partition coefficient (Wildman–Crippen LogP) is 1.33. The molecule has 37 heavy (non-hydrogen) atoms. The first-order chi connectivity index (χ1) is 16.2. The molecule has 1 fully saturated rings. The molecule has 0 saturated heterocycles. The molecule has 5 atom stereocenters. The summed E-state index contributed by atoms with van der Waals surface area (Å²) in [5, 5.41) is 54.9. The van der Waals surface area contributed by atoms with Crippen LogP contribution in [-0.4, -0.2) is 73.6 Å². The Hall–Kier alpha value is -2.02. The Morgan fingerprint density at radius 2 is 1.68 bits per heavy atom. The van der Waals surface area contributed by atoms with E-state index >= 15 is 0 Å². The Morgan fingerprint density at radius 3 is 2.16 bits per heavy atom. The Bertz CT molecular complexity index is 1190. The second-order valence-electron chi connectivity index (χ2n) is 9.01. The summed E-state index contributed by atoms with van der Waals surface area (Å²) >= 11 is -0.472. The van der Waals surface area contributed by atoms with Crippen molar-refractivity contribution < 1.29 is 56.4 Å². The molecule has 3 aliphatic rings. The summed E-state index contributed by atoms with van der Waals surface area (Å²) in [6.07, 6.45) is -0.200. The minimum atomic E-state index is -2.75. The van der Waals surface area contributed by atoms with Gasteiger partial charge in [-0.15, -0.1) is 0 Å². The maximum absolute atomic E-state index is 13.7. The molecule has 0 unspecified atom stereocenters. The SMILES string of the molecule is CN(C)[C@@H]1C(=O)C(C(N)=O)=C(O)[C@@]2(O)C(=O)C3=C(O)c4c(O)cccc4[C@@](C)(O)[C@H]3C[C@@H]12.N.N.[Cl][Pt][Cl]. The van der Waals surface area contributed by atoms with Gasteiger partial charge in [-0.3, -0.25) is 19.3 Å². The number of ketones is 2. The number of aliphatic hydroxyl groups is 4. The number of aliphatic hydroxyl groups excluding tert-OH is 2.